The molecule has 146 valence electrons. The van der Waals surface area contributed by atoms with Crippen LogP contribution in [0.5, 0.6) is 0 Å². The number of carboxylic acid groups (broad SMARTS) is 1. The Bertz CT molecular complexity index is 792. The summed E-state index contributed by atoms with van der Waals surface area (Å²) in [5.74, 6) is -0.791. The number of aromatic nitrogens is 1. The summed E-state index contributed by atoms with van der Waals surface area (Å²) in [6.45, 7) is 8.21. The van der Waals surface area contributed by atoms with Crippen molar-refractivity contribution in [3.8, 4) is 0 Å². The summed E-state index contributed by atoms with van der Waals surface area (Å²) >= 11 is 0. The lowest BCUT2D eigenvalue weighted by atomic mass is 9.94. The Labute approximate surface area is 161 Å². The molecule has 2 saturated heterocycles. The molecule has 27 heavy (non-hydrogen) atoms. The second-order valence-corrected chi connectivity index (χ2v) is 8.13. The van der Waals surface area contributed by atoms with Crippen LogP contribution in [0.25, 0.3) is 10.9 Å². The number of piperidine rings is 2. The fourth-order valence-electron chi connectivity index (χ4n) is 4.92. The van der Waals surface area contributed by atoms with E-state index >= 15 is 0 Å². The number of rotatable bonds is 5. The molecular weight excluding hydrogens is 338 g/mol. The summed E-state index contributed by atoms with van der Waals surface area (Å²) in [7, 11) is 0. The molecule has 0 saturated carbocycles. The smallest absolute Gasteiger partial charge is 0.307 e. The molecule has 2 aromatic rings. The number of hydrogen-bond acceptors (Lipinski definition) is 3. The first kappa shape index (κ1) is 18.5. The van der Waals surface area contributed by atoms with Gasteiger partial charge in [0.15, 0.2) is 0 Å². The number of likely N-dealkylation sites (tertiary alicyclic amines) is 2. The van der Waals surface area contributed by atoms with Gasteiger partial charge in [0.25, 0.3) is 0 Å². The van der Waals surface area contributed by atoms with Crippen molar-refractivity contribution >= 4 is 16.9 Å². The maximum absolute atomic E-state index is 11.3. The molecule has 5 heteroatoms. The highest BCUT2D eigenvalue weighted by atomic mass is 16.4. The molecule has 2 fully saturated rings. The fourth-order valence-corrected chi connectivity index (χ4v) is 4.92. The number of carboxylic acids is 1. The molecule has 2 aliphatic heterocycles. The average molecular weight is 370 g/mol. The van der Waals surface area contributed by atoms with Crippen molar-refractivity contribution in [2.45, 2.75) is 51.7 Å². The highest BCUT2D eigenvalue weighted by molar-refractivity contribution is 5.83. The zero-order chi connectivity index (χ0) is 18.8. The molecule has 0 aliphatic carbocycles. The van der Waals surface area contributed by atoms with Gasteiger partial charge in [-0.05, 0) is 69.9 Å². The van der Waals surface area contributed by atoms with Crippen molar-refractivity contribution in [1.29, 1.82) is 0 Å². The van der Waals surface area contributed by atoms with E-state index in [-0.39, 0.29) is 5.92 Å². The van der Waals surface area contributed by atoms with Gasteiger partial charge in [0.1, 0.15) is 0 Å². The lowest BCUT2D eigenvalue weighted by molar-refractivity contribution is -0.144. The lowest BCUT2D eigenvalue weighted by Gasteiger charge is -2.41. The van der Waals surface area contributed by atoms with Gasteiger partial charge < -0.3 is 9.67 Å². The third-order valence-corrected chi connectivity index (χ3v) is 6.51. The molecule has 1 aromatic carbocycles. The van der Waals surface area contributed by atoms with Gasteiger partial charge in [-0.1, -0.05) is 12.1 Å². The van der Waals surface area contributed by atoms with E-state index in [0.29, 0.717) is 6.04 Å². The van der Waals surface area contributed by atoms with E-state index in [4.69, 9.17) is 0 Å². The number of benzene rings is 1. The van der Waals surface area contributed by atoms with Crippen molar-refractivity contribution in [2.24, 2.45) is 5.92 Å². The minimum absolute atomic E-state index is 0.169. The summed E-state index contributed by atoms with van der Waals surface area (Å²) < 4.78 is 2.31. The van der Waals surface area contributed by atoms with E-state index in [0.717, 1.165) is 65.0 Å². The molecule has 0 amide bonds. The van der Waals surface area contributed by atoms with Crippen LogP contribution in [0.15, 0.2) is 30.5 Å². The molecule has 1 atom stereocenters. The van der Waals surface area contributed by atoms with Gasteiger partial charge in [0.2, 0.25) is 0 Å². The van der Waals surface area contributed by atoms with Gasteiger partial charge >= 0.3 is 5.97 Å². The third kappa shape index (κ3) is 3.90. The SMILES string of the molecule is CCn1ccc2c(CN3CCC(N4CCC[C@H](C(=O)O)C4)CC3)cccc21. The molecule has 0 unspecified atom stereocenters. The second kappa shape index (κ2) is 8.03. The average Bonchev–Trinajstić information content (AvgIpc) is 3.13. The Morgan fingerprint density at radius 1 is 1.15 bits per heavy atom. The van der Waals surface area contributed by atoms with Gasteiger partial charge in [-0.3, -0.25) is 14.6 Å². The van der Waals surface area contributed by atoms with Gasteiger partial charge in [-0.25, -0.2) is 0 Å². The summed E-state index contributed by atoms with van der Waals surface area (Å²) in [4.78, 5) is 16.3. The molecule has 0 radical (unpaired) electrons. The molecule has 0 spiro atoms. The van der Waals surface area contributed by atoms with Gasteiger partial charge in [0.05, 0.1) is 5.92 Å². The molecule has 5 nitrogen and oxygen atoms in total. The van der Waals surface area contributed by atoms with Crippen LogP contribution in [-0.2, 0) is 17.9 Å². The number of carbonyl (C=O) groups is 1. The van der Waals surface area contributed by atoms with E-state index in [1.54, 1.807) is 0 Å². The minimum atomic E-state index is -0.621. The van der Waals surface area contributed by atoms with Crippen molar-refractivity contribution < 1.29 is 9.90 Å². The largest absolute Gasteiger partial charge is 0.481 e. The van der Waals surface area contributed by atoms with Crippen LogP contribution in [-0.4, -0.2) is 57.7 Å². The standard InChI is InChI=1S/C22H31N3O2/c1-2-24-14-10-20-17(5-3-7-21(20)24)15-23-12-8-19(9-13-23)25-11-4-6-18(16-25)22(26)27/h3,5,7,10,14,18-19H,2,4,6,8-9,11-13,15-16H2,1H3,(H,26,27)/t18-/m0/s1. The first-order valence-corrected chi connectivity index (χ1v) is 10.4. The van der Waals surface area contributed by atoms with Gasteiger partial charge in [-0.2, -0.15) is 0 Å². The molecular formula is C22H31N3O2. The van der Waals surface area contributed by atoms with Crippen LogP contribution >= 0.6 is 0 Å². The predicted molar refractivity (Wildman–Crippen MR) is 108 cm³/mol. The van der Waals surface area contributed by atoms with E-state index in [1.807, 2.05) is 0 Å². The monoisotopic (exact) mass is 369 g/mol. The molecule has 4 rings (SSSR count). The molecule has 1 aromatic heterocycles. The van der Waals surface area contributed by atoms with Crippen LogP contribution in [0.3, 0.4) is 0 Å². The van der Waals surface area contributed by atoms with Gasteiger partial charge in [0, 0.05) is 42.8 Å². The Morgan fingerprint density at radius 2 is 1.96 bits per heavy atom. The highest BCUT2D eigenvalue weighted by Gasteiger charge is 2.31. The van der Waals surface area contributed by atoms with E-state index in [1.165, 1.54) is 16.5 Å². The van der Waals surface area contributed by atoms with E-state index in [2.05, 4.69) is 51.8 Å². The third-order valence-electron chi connectivity index (χ3n) is 6.51. The maximum atomic E-state index is 11.3. The lowest BCUT2D eigenvalue weighted by Crippen LogP contribution is -2.49. The number of nitrogens with zero attached hydrogens (tertiary/aromatic N) is 3. The molecule has 2 aliphatic rings. The van der Waals surface area contributed by atoms with Crippen LogP contribution in [0.1, 0.15) is 38.2 Å². The Kier molecular flexibility index (Phi) is 5.50. The van der Waals surface area contributed by atoms with Crippen LogP contribution in [0, 0.1) is 5.92 Å². The molecule has 0 bridgehead atoms. The maximum Gasteiger partial charge on any atom is 0.307 e. The van der Waals surface area contributed by atoms with Crippen LogP contribution in [0.4, 0.5) is 0 Å². The summed E-state index contributed by atoms with van der Waals surface area (Å²) in [5, 5.41) is 10.7. The van der Waals surface area contributed by atoms with Gasteiger partial charge in [-0.15, -0.1) is 0 Å². The first-order chi connectivity index (χ1) is 13.2. The number of aliphatic carboxylic acids is 1. The van der Waals surface area contributed by atoms with E-state index < -0.39 is 5.97 Å². The number of hydrogen-bond donors (Lipinski definition) is 1. The Morgan fingerprint density at radius 3 is 2.70 bits per heavy atom. The van der Waals surface area contributed by atoms with Crippen LogP contribution < -0.4 is 0 Å². The molecule has 1 N–H and O–H groups in total. The Balaban J connectivity index is 1.36. The Hall–Kier alpha value is -1.85. The minimum Gasteiger partial charge on any atom is -0.481 e. The van der Waals surface area contributed by atoms with E-state index in [9.17, 15) is 9.90 Å². The van der Waals surface area contributed by atoms with Crippen LogP contribution in [0.2, 0.25) is 0 Å². The zero-order valence-electron chi connectivity index (χ0n) is 16.3. The quantitative estimate of drug-likeness (QED) is 0.877. The number of aryl methyl sites for hydroxylation is 1. The van der Waals surface area contributed by atoms with Crippen molar-refractivity contribution in [2.75, 3.05) is 26.2 Å². The summed E-state index contributed by atoms with van der Waals surface area (Å²) in [5.41, 5.74) is 2.75. The first-order valence-electron chi connectivity index (χ1n) is 10.4. The summed E-state index contributed by atoms with van der Waals surface area (Å²) in [6.07, 6.45) is 6.35. The topological polar surface area (TPSA) is 48.7 Å². The normalized spacial score (nSPS) is 23.1. The predicted octanol–water partition coefficient (Wildman–Crippen LogP) is 3.42. The van der Waals surface area contributed by atoms with Crippen molar-refractivity contribution in [3.63, 3.8) is 0 Å². The highest BCUT2D eigenvalue weighted by Crippen LogP contribution is 2.26. The van der Waals surface area contributed by atoms with Crippen molar-refractivity contribution in [1.82, 2.24) is 14.4 Å². The zero-order valence-corrected chi connectivity index (χ0v) is 16.3. The summed E-state index contributed by atoms with van der Waals surface area (Å²) in [6, 6.07) is 9.46. The van der Waals surface area contributed by atoms with Crippen molar-refractivity contribution in [3.05, 3.63) is 36.0 Å². The molecule has 3 heterocycles. The second-order valence-electron chi connectivity index (χ2n) is 8.13. The fraction of sp³-hybridized carbons (Fsp3) is 0.591. The number of fused-ring (bicyclic) bond motifs is 1.